The molecule has 3 heterocycles. The molecule has 0 aromatic heterocycles. The highest BCUT2D eigenvalue weighted by molar-refractivity contribution is 8.02. The van der Waals surface area contributed by atoms with Gasteiger partial charge in [0.2, 0.25) is 11.8 Å². The number of nitrogens with zero attached hydrogens (tertiary/aromatic N) is 3. The summed E-state index contributed by atoms with van der Waals surface area (Å²) in [4.78, 5) is 49.4. The van der Waals surface area contributed by atoms with Crippen LogP contribution >= 0.6 is 11.8 Å². The number of hydrogen-bond acceptors (Lipinski definition) is 5. The third-order valence-electron chi connectivity index (χ3n) is 9.75. The van der Waals surface area contributed by atoms with Gasteiger partial charge >= 0.3 is 0 Å². The van der Waals surface area contributed by atoms with E-state index in [4.69, 9.17) is 0 Å². The van der Waals surface area contributed by atoms with Gasteiger partial charge in [0.15, 0.2) is 0 Å². The van der Waals surface area contributed by atoms with Crippen molar-refractivity contribution in [2.24, 2.45) is 11.8 Å². The Balaban J connectivity index is 1.57. The quantitative estimate of drug-likeness (QED) is 0.245. The number of carbonyl (C=O) groups excluding carboxylic acids is 3. The second-order valence-corrected chi connectivity index (χ2v) is 14.6. The summed E-state index contributed by atoms with van der Waals surface area (Å²) in [6.07, 6.45) is 6.03. The highest BCUT2D eigenvalue weighted by Crippen LogP contribution is 2.71. The maximum Gasteiger partial charge on any atom is 0.251 e. The Morgan fingerprint density at radius 2 is 1.68 bits per heavy atom. The molecule has 3 saturated heterocycles. The van der Waals surface area contributed by atoms with Gasteiger partial charge < -0.3 is 19.8 Å². The molecule has 1 spiro atoms. The Bertz CT molecular complexity index is 1410. The van der Waals surface area contributed by atoms with Crippen LogP contribution in [-0.2, 0) is 20.9 Å². The van der Waals surface area contributed by atoms with Gasteiger partial charge in [0.1, 0.15) is 6.04 Å². The number of likely N-dealkylation sites (tertiary alicyclic amines) is 1. The molecule has 5 rings (SSSR count). The van der Waals surface area contributed by atoms with E-state index in [0.29, 0.717) is 45.4 Å². The summed E-state index contributed by atoms with van der Waals surface area (Å²) < 4.78 is -1.18. The first-order valence-electron chi connectivity index (χ1n) is 15.7. The Kier molecular flexibility index (Phi) is 9.42. The summed E-state index contributed by atoms with van der Waals surface area (Å²) >= 11 is 1.69. The van der Waals surface area contributed by atoms with Gasteiger partial charge in [-0.2, -0.15) is 0 Å². The maximum absolute atomic E-state index is 14.9. The van der Waals surface area contributed by atoms with Crippen molar-refractivity contribution in [2.75, 3.05) is 31.1 Å². The molecule has 2 aromatic rings. The van der Waals surface area contributed by atoms with Gasteiger partial charge in [-0.15, -0.1) is 24.9 Å². The number of aliphatic hydroxyl groups excluding tert-OH is 1. The smallest absolute Gasteiger partial charge is 0.251 e. The molecule has 1 N–H and O–H groups in total. The summed E-state index contributed by atoms with van der Waals surface area (Å²) in [5.74, 6) is -1.45. The first-order valence-corrected chi connectivity index (χ1v) is 16.5. The topological polar surface area (TPSA) is 81.2 Å². The first kappa shape index (κ1) is 32.0. The monoisotopic (exact) mass is 615 g/mol. The highest BCUT2D eigenvalue weighted by Gasteiger charge is 2.77. The predicted octanol–water partition coefficient (Wildman–Crippen LogP) is 5.29. The molecule has 3 fully saturated rings. The number of anilines is 1. The van der Waals surface area contributed by atoms with Crippen molar-refractivity contribution in [3.8, 4) is 0 Å². The van der Waals surface area contributed by atoms with Crippen LogP contribution in [0.4, 0.5) is 5.69 Å². The molecule has 0 radical (unpaired) electrons. The van der Waals surface area contributed by atoms with E-state index >= 15 is 0 Å². The lowest BCUT2D eigenvalue weighted by molar-refractivity contribution is -0.145. The van der Waals surface area contributed by atoms with E-state index in [1.807, 2.05) is 67.3 Å². The number of rotatable bonds is 13. The zero-order valence-corrected chi connectivity index (χ0v) is 27.0. The maximum atomic E-state index is 14.9. The van der Waals surface area contributed by atoms with Crippen LogP contribution in [0.3, 0.4) is 0 Å². The van der Waals surface area contributed by atoms with Crippen molar-refractivity contribution >= 4 is 35.2 Å². The minimum absolute atomic E-state index is 0.0180. The van der Waals surface area contributed by atoms with E-state index < -0.39 is 27.4 Å². The van der Waals surface area contributed by atoms with Gasteiger partial charge in [-0.1, -0.05) is 60.7 Å². The Morgan fingerprint density at radius 3 is 2.32 bits per heavy atom. The van der Waals surface area contributed by atoms with Gasteiger partial charge in [0.05, 0.1) is 16.6 Å². The summed E-state index contributed by atoms with van der Waals surface area (Å²) in [5, 5.41) is 9.54. The average Bonchev–Trinajstić information content (AvgIpc) is 3.57. The first-order chi connectivity index (χ1) is 21.1. The number of unbranched alkanes of at least 4 members (excludes halogenated alkanes) is 1. The van der Waals surface area contributed by atoms with Gasteiger partial charge in [0, 0.05) is 43.2 Å². The van der Waals surface area contributed by atoms with Crippen LogP contribution in [0.15, 0.2) is 73.8 Å². The van der Waals surface area contributed by atoms with Gasteiger partial charge in [-0.25, -0.2) is 0 Å². The fourth-order valence-electron chi connectivity index (χ4n) is 7.90. The third-order valence-corrected chi connectivity index (χ3v) is 11.7. The average molecular weight is 616 g/mol. The molecule has 2 bridgehead atoms. The van der Waals surface area contributed by atoms with Crippen molar-refractivity contribution in [1.29, 1.82) is 0 Å². The number of para-hydroxylation sites is 1. The lowest BCUT2D eigenvalue weighted by Crippen LogP contribution is -2.55. The normalized spacial score (nSPS) is 26.9. The number of fused-ring (bicyclic) bond motifs is 1. The van der Waals surface area contributed by atoms with E-state index in [2.05, 4.69) is 20.1 Å². The van der Waals surface area contributed by atoms with Gasteiger partial charge in [-0.3, -0.25) is 14.4 Å². The second kappa shape index (κ2) is 12.9. The number of amides is 3. The second-order valence-electron chi connectivity index (χ2n) is 12.7. The molecule has 3 aliphatic rings. The standard InChI is InChI=1S/C36H45N3O4S/c1-6-20-37(24-27-16-9-8-10-17-27)32(41)28-29-33(42)39(22-11-12-23-40)31(36(29)19-18-35(28,5)44-36)34(43)38(21-7-2)30-25(3)14-13-15-26(30)4/h6-10,13-17,28-29,31,40H,1-2,11-12,18-24H2,3-5H3/t28-,29-,31?,35+,36?/m0/s1. The van der Waals surface area contributed by atoms with Crippen LogP contribution in [0.25, 0.3) is 0 Å². The van der Waals surface area contributed by atoms with Gasteiger partial charge in [-0.05, 0) is 63.1 Å². The van der Waals surface area contributed by atoms with Crippen LogP contribution in [0.5, 0.6) is 0 Å². The van der Waals surface area contributed by atoms with Gasteiger partial charge in [0.25, 0.3) is 5.91 Å². The van der Waals surface area contributed by atoms with Crippen LogP contribution in [-0.4, -0.2) is 74.4 Å². The molecule has 7 nitrogen and oxygen atoms in total. The molecule has 2 aromatic carbocycles. The van der Waals surface area contributed by atoms with E-state index in [-0.39, 0.29) is 24.3 Å². The van der Waals surface area contributed by atoms with Crippen LogP contribution in [0.2, 0.25) is 0 Å². The largest absolute Gasteiger partial charge is 0.396 e. The fourth-order valence-corrected chi connectivity index (χ4v) is 10.2. The van der Waals surface area contributed by atoms with E-state index in [0.717, 1.165) is 28.8 Å². The molecular formula is C36H45N3O4S. The Labute approximate surface area is 266 Å². The zero-order valence-electron chi connectivity index (χ0n) is 26.2. The number of aryl methyl sites for hydroxylation is 2. The molecule has 5 atom stereocenters. The zero-order chi connectivity index (χ0) is 31.6. The molecule has 44 heavy (non-hydrogen) atoms. The predicted molar refractivity (Wildman–Crippen MR) is 177 cm³/mol. The number of hydrogen-bond donors (Lipinski definition) is 1. The summed E-state index contributed by atoms with van der Waals surface area (Å²) in [6.45, 7) is 15.5. The molecule has 0 aliphatic carbocycles. The molecule has 8 heteroatoms. The minimum Gasteiger partial charge on any atom is -0.396 e. The molecule has 0 saturated carbocycles. The number of thioether (sulfide) groups is 1. The van der Waals surface area contributed by atoms with E-state index in [1.165, 1.54) is 0 Å². The fraction of sp³-hybridized carbons (Fsp3) is 0.472. The number of aliphatic hydroxyl groups is 1. The number of carbonyl (C=O) groups is 3. The van der Waals surface area contributed by atoms with Crippen LogP contribution in [0, 0.1) is 25.7 Å². The molecule has 2 unspecified atom stereocenters. The Hall–Kier alpha value is -3.36. The lowest BCUT2D eigenvalue weighted by atomic mass is 9.66. The van der Waals surface area contributed by atoms with Crippen molar-refractivity contribution in [1.82, 2.24) is 9.80 Å². The summed E-state index contributed by atoms with van der Waals surface area (Å²) in [7, 11) is 0. The highest BCUT2D eigenvalue weighted by atomic mass is 32.2. The third kappa shape index (κ3) is 5.40. The van der Waals surface area contributed by atoms with E-state index in [1.54, 1.807) is 33.7 Å². The molecule has 3 amide bonds. The minimum atomic E-state index is -0.718. The van der Waals surface area contributed by atoms with Crippen LogP contribution < -0.4 is 4.90 Å². The molecular weight excluding hydrogens is 570 g/mol. The molecule has 234 valence electrons. The lowest BCUT2D eigenvalue weighted by Gasteiger charge is -2.38. The van der Waals surface area contributed by atoms with Crippen molar-refractivity contribution in [3.63, 3.8) is 0 Å². The van der Waals surface area contributed by atoms with Crippen molar-refractivity contribution < 1.29 is 19.5 Å². The van der Waals surface area contributed by atoms with Crippen LogP contribution in [0.1, 0.15) is 49.3 Å². The summed E-state index contributed by atoms with van der Waals surface area (Å²) in [5.41, 5.74) is 3.82. The van der Waals surface area contributed by atoms with E-state index in [9.17, 15) is 19.5 Å². The summed E-state index contributed by atoms with van der Waals surface area (Å²) in [6, 6.07) is 15.1. The molecule has 3 aliphatic heterocycles. The van der Waals surface area contributed by atoms with Crippen molar-refractivity contribution in [2.45, 2.75) is 68.5 Å². The Morgan fingerprint density at radius 1 is 1.00 bits per heavy atom. The SMILES string of the molecule is C=CCN(Cc1ccccc1)C(=O)[C@@H]1[C@H]2C(=O)N(CCCCO)C(C(=O)N(CC=C)c3c(C)cccc3C)C23CC[C@@]1(C)S3. The number of benzene rings is 2. The van der Waals surface area contributed by atoms with Crippen molar-refractivity contribution in [3.05, 3.63) is 90.5 Å².